The van der Waals surface area contributed by atoms with Crippen LogP contribution in [-0.4, -0.2) is 16.8 Å². The maximum atomic E-state index is 9.25. The zero-order valence-corrected chi connectivity index (χ0v) is 10.4. The second-order valence-electron chi connectivity index (χ2n) is 4.09. The van der Waals surface area contributed by atoms with Crippen LogP contribution >= 0.6 is 0 Å². The Kier molecular flexibility index (Phi) is 3.20. The van der Waals surface area contributed by atoms with Gasteiger partial charge in [-0.3, -0.25) is 0 Å². The van der Waals surface area contributed by atoms with Gasteiger partial charge in [0.1, 0.15) is 5.75 Å². The van der Waals surface area contributed by atoms with Gasteiger partial charge in [-0.1, -0.05) is 0 Å². The maximum absolute atomic E-state index is 9.25. The van der Waals surface area contributed by atoms with Gasteiger partial charge < -0.3 is 14.4 Å². The molecule has 0 bridgehead atoms. The number of aryl methyl sites for hydroxylation is 1. The predicted molar refractivity (Wildman–Crippen MR) is 67.7 cm³/mol. The zero-order valence-electron chi connectivity index (χ0n) is 10.4. The topological polar surface area (TPSA) is 34.4 Å². The molecular formula is C14H17NO2. The molecule has 1 heterocycles. The molecule has 0 saturated carbocycles. The molecule has 3 heteroatoms. The fourth-order valence-corrected chi connectivity index (χ4v) is 2.12. The fraction of sp³-hybridized carbons (Fsp3) is 0.286. The Morgan fingerprint density at radius 3 is 2.29 bits per heavy atom. The molecule has 0 amide bonds. The van der Waals surface area contributed by atoms with Crippen molar-refractivity contribution in [2.75, 3.05) is 7.11 Å². The van der Waals surface area contributed by atoms with Crippen LogP contribution in [0.1, 0.15) is 17.0 Å². The molecule has 1 aromatic heterocycles. The molecule has 3 nitrogen and oxygen atoms in total. The minimum Gasteiger partial charge on any atom is -0.497 e. The number of aromatic nitrogens is 1. The van der Waals surface area contributed by atoms with Crippen molar-refractivity contribution in [1.29, 1.82) is 0 Å². The highest BCUT2D eigenvalue weighted by Crippen LogP contribution is 2.22. The minimum absolute atomic E-state index is 0.0792. The van der Waals surface area contributed by atoms with Gasteiger partial charge in [-0.2, -0.15) is 0 Å². The summed E-state index contributed by atoms with van der Waals surface area (Å²) in [4.78, 5) is 0. The number of aliphatic hydroxyl groups excluding tert-OH is 1. The minimum atomic E-state index is 0.0792. The molecule has 2 rings (SSSR count). The van der Waals surface area contributed by atoms with E-state index < -0.39 is 0 Å². The normalized spacial score (nSPS) is 10.6. The van der Waals surface area contributed by atoms with E-state index in [4.69, 9.17) is 4.74 Å². The van der Waals surface area contributed by atoms with Crippen molar-refractivity contribution in [2.24, 2.45) is 0 Å². The van der Waals surface area contributed by atoms with Crippen LogP contribution in [0.25, 0.3) is 5.69 Å². The Labute approximate surface area is 101 Å². The molecule has 0 spiro atoms. The van der Waals surface area contributed by atoms with E-state index in [0.29, 0.717) is 0 Å². The van der Waals surface area contributed by atoms with Crippen molar-refractivity contribution in [3.05, 3.63) is 47.3 Å². The Balaban J connectivity index is 2.48. The van der Waals surface area contributed by atoms with Gasteiger partial charge in [-0.15, -0.1) is 0 Å². The molecule has 0 aliphatic heterocycles. The third kappa shape index (κ3) is 2.06. The molecule has 0 radical (unpaired) electrons. The lowest BCUT2D eigenvalue weighted by atomic mass is 10.2. The van der Waals surface area contributed by atoms with E-state index in [9.17, 15) is 5.11 Å². The molecule has 0 unspecified atom stereocenters. The number of aliphatic hydroxyl groups is 1. The summed E-state index contributed by atoms with van der Waals surface area (Å²) in [5.41, 5.74) is 4.26. The molecule has 90 valence electrons. The van der Waals surface area contributed by atoms with Gasteiger partial charge in [0.2, 0.25) is 0 Å². The Morgan fingerprint density at radius 2 is 1.82 bits per heavy atom. The van der Waals surface area contributed by atoms with E-state index >= 15 is 0 Å². The van der Waals surface area contributed by atoms with Gasteiger partial charge in [0.25, 0.3) is 0 Å². The van der Waals surface area contributed by atoms with Gasteiger partial charge in [-0.25, -0.2) is 0 Å². The van der Waals surface area contributed by atoms with Crippen LogP contribution in [0.15, 0.2) is 30.3 Å². The van der Waals surface area contributed by atoms with Crippen molar-refractivity contribution in [3.8, 4) is 11.4 Å². The monoisotopic (exact) mass is 231 g/mol. The number of ether oxygens (including phenoxy) is 1. The first kappa shape index (κ1) is 11.7. The Morgan fingerprint density at radius 1 is 1.18 bits per heavy atom. The van der Waals surface area contributed by atoms with E-state index in [-0.39, 0.29) is 6.61 Å². The molecule has 1 aromatic carbocycles. The van der Waals surface area contributed by atoms with Crippen LogP contribution in [0.4, 0.5) is 0 Å². The number of hydrogen-bond acceptors (Lipinski definition) is 2. The number of benzene rings is 1. The van der Waals surface area contributed by atoms with E-state index in [2.05, 4.69) is 4.57 Å². The quantitative estimate of drug-likeness (QED) is 0.881. The van der Waals surface area contributed by atoms with Crippen LogP contribution in [0.2, 0.25) is 0 Å². The summed E-state index contributed by atoms with van der Waals surface area (Å²) < 4.78 is 7.27. The second kappa shape index (κ2) is 4.63. The summed E-state index contributed by atoms with van der Waals surface area (Å²) in [5, 5.41) is 9.25. The first-order valence-corrected chi connectivity index (χ1v) is 5.60. The number of rotatable bonds is 3. The van der Waals surface area contributed by atoms with Crippen molar-refractivity contribution < 1.29 is 9.84 Å². The fourth-order valence-electron chi connectivity index (χ4n) is 2.12. The average molecular weight is 231 g/mol. The maximum Gasteiger partial charge on any atom is 0.119 e. The lowest BCUT2D eigenvalue weighted by Gasteiger charge is -2.10. The van der Waals surface area contributed by atoms with E-state index in [1.807, 2.05) is 44.2 Å². The summed E-state index contributed by atoms with van der Waals surface area (Å²) >= 11 is 0. The van der Waals surface area contributed by atoms with Crippen LogP contribution in [0.5, 0.6) is 5.75 Å². The molecule has 0 fully saturated rings. The van der Waals surface area contributed by atoms with Crippen LogP contribution < -0.4 is 4.74 Å². The van der Waals surface area contributed by atoms with Crippen LogP contribution in [-0.2, 0) is 6.61 Å². The highest BCUT2D eigenvalue weighted by atomic mass is 16.5. The third-order valence-electron chi connectivity index (χ3n) is 3.04. The highest BCUT2D eigenvalue weighted by Gasteiger charge is 2.09. The predicted octanol–water partition coefficient (Wildman–Crippen LogP) is 2.60. The highest BCUT2D eigenvalue weighted by molar-refractivity contribution is 5.43. The van der Waals surface area contributed by atoms with Crippen molar-refractivity contribution in [2.45, 2.75) is 20.5 Å². The van der Waals surface area contributed by atoms with Crippen molar-refractivity contribution in [3.63, 3.8) is 0 Å². The standard InChI is InChI=1S/C14H17NO2/c1-10-8-12(9-16)11(2)15(10)13-4-6-14(17-3)7-5-13/h4-8,16H,9H2,1-3H3. The van der Waals surface area contributed by atoms with Gasteiger partial charge in [0.15, 0.2) is 0 Å². The molecule has 0 aliphatic rings. The zero-order chi connectivity index (χ0) is 12.4. The first-order valence-electron chi connectivity index (χ1n) is 5.60. The summed E-state index contributed by atoms with van der Waals surface area (Å²) in [6, 6.07) is 9.92. The number of hydrogen-bond donors (Lipinski definition) is 1. The van der Waals surface area contributed by atoms with Crippen molar-refractivity contribution >= 4 is 0 Å². The molecule has 17 heavy (non-hydrogen) atoms. The lowest BCUT2D eigenvalue weighted by Crippen LogP contribution is -1.99. The van der Waals surface area contributed by atoms with E-state index in [0.717, 1.165) is 28.4 Å². The summed E-state index contributed by atoms with van der Waals surface area (Å²) in [6.07, 6.45) is 0. The van der Waals surface area contributed by atoms with Gasteiger partial charge >= 0.3 is 0 Å². The van der Waals surface area contributed by atoms with Crippen LogP contribution in [0, 0.1) is 13.8 Å². The second-order valence-corrected chi connectivity index (χ2v) is 4.09. The lowest BCUT2D eigenvalue weighted by molar-refractivity contribution is 0.281. The largest absolute Gasteiger partial charge is 0.497 e. The number of nitrogens with zero attached hydrogens (tertiary/aromatic N) is 1. The summed E-state index contributed by atoms with van der Waals surface area (Å²) in [5.74, 6) is 0.846. The molecule has 1 N–H and O–H groups in total. The molecule has 0 saturated heterocycles. The molecular weight excluding hydrogens is 214 g/mol. The van der Waals surface area contributed by atoms with E-state index in [1.54, 1.807) is 7.11 Å². The summed E-state index contributed by atoms with van der Waals surface area (Å²) in [7, 11) is 1.66. The summed E-state index contributed by atoms with van der Waals surface area (Å²) in [6.45, 7) is 4.13. The Hall–Kier alpha value is -1.74. The van der Waals surface area contributed by atoms with Gasteiger partial charge in [0.05, 0.1) is 13.7 Å². The molecule has 0 atom stereocenters. The third-order valence-corrected chi connectivity index (χ3v) is 3.04. The number of methoxy groups -OCH3 is 1. The van der Waals surface area contributed by atoms with Crippen LogP contribution in [0.3, 0.4) is 0 Å². The van der Waals surface area contributed by atoms with Gasteiger partial charge in [0, 0.05) is 17.1 Å². The average Bonchev–Trinajstić information content (AvgIpc) is 2.64. The smallest absolute Gasteiger partial charge is 0.119 e. The first-order chi connectivity index (χ1) is 8.17. The van der Waals surface area contributed by atoms with Gasteiger partial charge in [-0.05, 0) is 49.7 Å². The Bertz CT molecular complexity index is 512. The SMILES string of the molecule is COc1ccc(-n2c(C)cc(CO)c2C)cc1. The molecule has 2 aromatic rings. The van der Waals surface area contributed by atoms with E-state index in [1.165, 1.54) is 0 Å². The molecule has 0 aliphatic carbocycles. The van der Waals surface area contributed by atoms with Crippen molar-refractivity contribution in [1.82, 2.24) is 4.57 Å².